The molecule has 7 heteroatoms. The second-order valence-electron chi connectivity index (χ2n) is 4.15. The summed E-state index contributed by atoms with van der Waals surface area (Å²) in [6, 6.07) is 0. The minimum absolute atomic E-state index is 0.122. The molecule has 0 spiro atoms. The molecule has 1 rings (SSSR count). The van der Waals surface area contributed by atoms with Crippen molar-refractivity contribution in [3.8, 4) is 0 Å². The number of nitrogen functional groups attached to an aromatic ring is 1. The van der Waals surface area contributed by atoms with Crippen LogP contribution in [0.1, 0.15) is 33.9 Å². The van der Waals surface area contributed by atoms with E-state index in [0.29, 0.717) is 11.5 Å². The Hall–Kier alpha value is -2.02. The van der Waals surface area contributed by atoms with Crippen molar-refractivity contribution in [2.45, 2.75) is 13.8 Å². The van der Waals surface area contributed by atoms with Gasteiger partial charge in [-0.2, -0.15) is 0 Å². The SMILES string of the molecule is CNC(=O)c1sc(NCC=C(C)C)c(C(N)=O)c1N. The quantitative estimate of drug-likeness (QED) is 0.607. The van der Waals surface area contributed by atoms with Gasteiger partial charge in [-0.1, -0.05) is 11.6 Å². The minimum atomic E-state index is -0.649. The van der Waals surface area contributed by atoms with Crippen molar-refractivity contribution >= 4 is 33.8 Å². The third kappa shape index (κ3) is 3.47. The number of carbonyl (C=O) groups is 2. The van der Waals surface area contributed by atoms with E-state index in [-0.39, 0.29) is 22.0 Å². The lowest BCUT2D eigenvalue weighted by Gasteiger charge is -2.03. The molecule has 1 aromatic rings. The molecule has 0 atom stereocenters. The molecule has 104 valence electrons. The van der Waals surface area contributed by atoms with Crippen molar-refractivity contribution in [3.63, 3.8) is 0 Å². The summed E-state index contributed by atoms with van der Waals surface area (Å²) < 4.78 is 0. The average molecular weight is 282 g/mol. The third-order valence-electron chi connectivity index (χ3n) is 2.40. The van der Waals surface area contributed by atoms with E-state index in [4.69, 9.17) is 11.5 Å². The van der Waals surface area contributed by atoms with Crippen LogP contribution in [0.15, 0.2) is 11.6 Å². The number of nitrogens with one attached hydrogen (secondary N) is 2. The summed E-state index contributed by atoms with van der Waals surface area (Å²) in [5.41, 5.74) is 12.5. The summed E-state index contributed by atoms with van der Waals surface area (Å²) in [5.74, 6) is -0.983. The van der Waals surface area contributed by atoms with E-state index in [1.54, 1.807) is 0 Å². The maximum Gasteiger partial charge on any atom is 0.263 e. The van der Waals surface area contributed by atoms with Gasteiger partial charge in [0, 0.05) is 13.6 Å². The normalized spacial score (nSPS) is 9.84. The number of hydrogen-bond donors (Lipinski definition) is 4. The van der Waals surface area contributed by atoms with Crippen LogP contribution < -0.4 is 22.1 Å². The van der Waals surface area contributed by atoms with Crippen LogP contribution in [0.5, 0.6) is 0 Å². The first-order valence-electron chi connectivity index (χ1n) is 5.69. The van der Waals surface area contributed by atoms with Crippen LogP contribution in [0.25, 0.3) is 0 Å². The molecule has 2 amide bonds. The smallest absolute Gasteiger partial charge is 0.263 e. The van der Waals surface area contributed by atoms with Crippen LogP contribution in [0.3, 0.4) is 0 Å². The van der Waals surface area contributed by atoms with E-state index in [2.05, 4.69) is 10.6 Å². The summed E-state index contributed by atoms with van der Waals surface area (Å²) in [4.78, 5) is 23.3. The van der Waals surface area contributed by atoms with Crippen molar-refractivity contribution in [1.82, 2.24) is 5.32 Å². The monoisotopic (exact) mass is 282 g/mol. The van der Waals surface area contributed by atoms with Gasteiger partial charge in [0.1, 0.15) is 9.88 Å². The van der Waals surface area contributed by atoms with Crippen molar-refractivity contribution in [2.24, 2.45) is 5.73 Å². The first-order valence-corrected chi connectivity index (χ1v) is 6.51. The van der Waals surface area contributed by atoms with Crippen molar-refractivity contribution < 1.29 is 9.59 Å². The number of hydrogen-bond acceptors (Lipinski definition) is 5. The molecule has 1 aromatic heterocycles. The molecule has 0 aliphatic heterocycles. The molecule has 0 radical (unpaired) electrons. The number of carbonyl (C=O) groups excluding carboxylic acids is 2. The molecular weight excluding hydrogens is 264 g/mol. The summed E-state index contributed by atoms with van der Waals surface area (Å²) in [7, 11) is 1.50. The van der Waals surface area contributed by atoms with Gasteiger partial charge in [-0.15, -0.1) is 11.3 Å². The fourth-order valence-electron chi connectivity index (χ4n) is 1.44. The number of anilines is 2. The molecule has 6 nitrogen and oxygen atoms in total. The van der Waals surface area contributed by atoms with Gasteiger partial charge in [0.2, 0.25) is 0 Å². The highest BCUT2D eigenvalue weighted by atomic mass is 32.1. The average Bonchev–Trinajstić information content (AvgIpc) is 2.65. The first kappa shape index (κ1) is 15.0. The lowest BCUT2D eigenvalue weighted by molar-refractivity contribution is 0.0967. The molecule has 19 heavy (non-hydrogen) atoms. The molecule has 1 heterocycles. The third-order valence-corrected chi connectivity index (χ3v) is 3.56. The molecule has 0 bridgehead atoms. The lowest BCUT2D eigenvalue weighted by atomic mass is 10.2. The van der Waals surface area contributed by atoms with Crippen molar-refractivity contribution in [2.75, 3.05) is 24.6 Å². The van der Waals surface area contributed by atoms with Gasteiger partial charge < -0.3 is 22.1 Å². The Labute approximate surface area is 115 Å². The fourth-order valence-corrected chi connectivity index (χ4v) is 2.52. The molecular formula is C12H18N4O2S. The highest BCUT2D eigenvalue weighted by molar-refractivity contribution is 7.19. The Morgan fingerprint density at radius 2 is 2.00 bits per heavy atom. The Morgan fingerprint density at radius 1 is 1.37 bits per heavy atom. The van der Waals surface area contributed by atoms with Gasteiger partial charge in [0.05, 0.1) is 11.3 Å². The lowest BCUT2D eigenvalue weighted by Crippen LogP contribution is -2.19. The number of rotatable bonds is 5. The zero-order chi connectivity index (χ0) is 14.6. The van der Waals surface area contributed by atoms with E-state index in [0.717, 1.165) is 16.9 Å². The summed E-state index contributed by atoms with van der Waals surface area (Å²) in [6.45, 7) is 4.47. The molecule has 0 aromatic carbocycles. The van der Waals surface area contributed by atoms with Crippen LogP contribution in [0.2, 0.25) is 0 Å². The number of thiophene rings is 1. The van der Waals surface area contributed by atoms with E-state index in [1.807, 2.05) is 19.9 Å². The largest absolute Gasteiger partial charge is 0.397 e. The fraction of sp³-hybridized carbons (Fsp3) is 0.333. The Kier molecular flexibility index (Phi) is 4.94. The minimum Gasteiger partial charge on any atom is -0.397 e. The molecule has 0 fully saturated rings. The van der Waals surface area contributed by atoms with Crippen LogP contribution in [-0.2, 0) is 0 Å². The van der Waals surface area contributed by atoms with E-state index in [1.165, 1.54) is 7.05 Å². The number of amides is 2. The first-order chi connectivity index (χ1) is 8.88. The maximum atomic E-state index is 11.6. The van der Waals surface area contributed by atoms with Crippen LogP contribution in [0, 0.1) is 0 Å². The molecule has 6 N–H and O–H groups in total. The van der Waals surface area contributed by atoms with Crippen molar-refractivity contribution in [1.29, 1.82) is 0 Å². The molecule has 0 aliphatic carbocycles. The van der Waals surface area contributed by atoms with Gasteiger partial charge in [-0.3, -0.25) is 9.59 Å². The van der Waals surface area contributed by atoms with Crippen LogP contribution >= 0.6 is 11.3 Å². The number of nitrogens with two attached hydrogens (primary N) is 2. The number of allylic oxidation sites excluding steroid dienone is 1. The van der Waals surface area contributed by atoms with E-state index < -0.39 is 5.91 Å². The standard InChI is InChI=1S/C12H18N4O2S/c1-6(2)4-5-16-12-7(10(14)17)8(13)9(19-12)11(18)15-3/h4,16H,5,13H2,1-3H3,(H2,14,17)(H,15,18). The Morgan fingerprint density at radius 3 is 2.47 bits per heavy atom. The van der Waals surface area contributed by atoms with Crippen LogP contribution in [-0.4, -0.2) is 25.4 Å². The summed E-state index contributed by atoms with van der Waals surface area (Å²) in [6.07, 6.45) is 1.96. The van der Waals surface area contributed by atoms with Gasteiger partial charge in [0.25, 0.3) is 11.8 Å². The summed E-state index contributed by atoms with van der Waals surface area (Å²) in [5, 5.41) is 6.04. The second-order valence-corrected chi connectivity index (χ2v) is 5.18. The van der Waals surface area contributed by atoms with Gasteiger partial charge in [-0.05, 0) is 13.8 Å². The maximum absolute atomic E-state index is 11.6. The predicted molar refractivity (Wildman–Crippen MR) is 78.6 cm³/mol. The second kappa shape index (κ2) is 6.24. The Balaban J connectivity index is 3.12. The van der Waals surface area contributed by atoms with Gasteiger partial charge >= 0.3 is 0 Å². The topological polar surface area (TPSA) is 110 Å². The van der Waals surface area contributed by atoms with Crippen LogP contribution in [0.4, 0.5) is 10.7 Å². The van der Waals surface area contributed by atoms with Crippen molar-refractivity contribution in [3.05, 3.63) is 22.1 Å². The molecule has 0 unspecified atom stereocenters. The van der Waals surface area contributed by atoms with E-state index in [9.17, 15) is 9.59 Å². The van der Waals surface area contributed by atoms with Gasteiger partial charge in [0.15, 0.2) is 0 Å². The highest BCUT2D eigenvalue weighted by Crippen LogP contribution is 2.35. The number of primary amides is 1. The Bertz CT molecular complexity index is 530. The zero-order valence-corrected chi connectivity index (χ0v) is 12.0. The van der Waals surface area contributed by atoms with Gasteiger partial charge in [-0.25, -0.2) is 0 Å². The summed E-state index contributed by atoms with van der Waals surface area (Å²) >= 11 is 1.12. The molecule has 0 aliphatic rings. The molecule has 0 saturated carbocycles. The zero-order valence-electron chi connectivity index (χ0n) is 11.2. The van der Waals surface area contributed by atoms with E-state index >= 15 is 0 Å². The highest BCUT2D eigenvalue weighted by Gasteiger charge is 2.23. The molecule has 0 saturated heterocycles. The predicted octanol–water partition coefficient (Wildman–Crippen LogP) is 1.17.